The molecule has 5 nitrogen and oxygen atoms in total. The fourth-order valence-corrected chi connectivity index (χ4v) is 1.21. The number of carbonyl (C=O) groups excluding carboxylic acids is 2. The zero-order valence-electron chi connectivity index (χ0n) is 13.7. The van der Waals surface area contributed by atoms with Gasteiger partial charge in [-0.1, -0.05) is 27.4 Å². The van der Waals surface area contributed by atoms with Crippen molar-refractivity contribution in [2.45, 2.75) is 52.5 Å². The van der Waals surface area contributed by atoms with E-state index in [4.69, 9.17) is 4.74 Å². The fourth-order valence-electron chi connectivity index (χ4n) is 1.21. The van der Waals surface area contributed by atoms with E-state index in [1.807, 2.05) is 27.4 Å². The molecule has 2 atom stereocenters. The van der Waals surface area contributed by atoms with Crippen molar-refractivity contribution in [3.05, 3.63) is 0 Å². The van der Waals surface area contributed by atoms with Crippen molar-refractivity contribution in [1.82, 2.24) is 10.6 Å². The summed E-state index contributed by atoms with van der Waals surface area (Å²) in [5.41, 5.74) is 0. The zero-order chi connectivity index (χ0) is 16.2. The van der Waals surface area contributed by atoms with Gasteiger partial charge in [0.25, 0.3) is 0 Å². The van der Waals surface area contributed by atoms with E-state index in [9.17, 15) is 9.59 Å². The first-order chi connectivity index (χ1) is 9.74. The van der Waals surface area contributed by atoms with Gasteiger partial charge in [0.1, 0.15) is 6.29 Å². The van der Waals surface area contributed by atoms with Crippen LogP contribution in [0.25, 0.3) is 0 Å². The number of hydrogen-bond acceptors (Lipinski definition) is 4. The van der Waals surface area contributed by atoms with E-state index in [0.717, 1.165) is 32.0 Å². The van der Waals surface area contributed by atoms with E-state index in [2.05, 4.69) is 19.9 Å². The van der Waals surface area contributed by atoms with Crippen LogP contribution in [0.1, 0.15) is 46.5 Å². The number of likely N-dealkylation sites (N-methyl/N-ethyl adjacent to an activating group) is 1. The number of aldehydes is 1. The molecule has 0 bridgehead atoms. The van der Waals surface area contributed by atoms with Crippen LogP contribution in [0.2, 0.25) is 0 Å². The van der Waals surface area contributed by atoms with Gasteiger partial charge in [-0.05, 0) is 32.7 Å². The second-order valence-corrected chi connectivity index (χ2v) is 3.59. The van der Waals surface area contributed by atoms with Gasteiger partial charge in [-0.3, -0.25) is 0 Å². The summed E-state index contributed by atoms with van der Waals surface area (Å²) in [5.74, 6) is 0. The summed E-state index contributed by atoms with van der Waals surface area (Å²) in [6.07, 6.45) is 3.93. The van der Waals surface area contributed by atoms with Crippen LogP contribution in [-0.2, 0) is 9.53 Å². The van der Waals surface area contributed by atoms with E-state index >= 15 is 0 Å². The molecule has 20 heavy (non-hydrogen) atoms. The normalized spacial score (nSPS) is 10.1. The largest absolute Gasteiger partial charge is 0.450 e. The highest BCUT2D eigenvalue weighted by Crippen LogP contribution is 1.97. The first kappa shape index (κ1) is 24.4. The highest BCUT2D eigenvalue weighted by molar-refractivity contribution is 7.15. The summed E-state index contributed by atoms with van der Waals surface area (Å²) in [5, 5.41) is 5.56. The van der Waals surface area contributed by atoms with Crippen LogP contribution in [0.4, 0.5) is 4.79 Å². The van der Waals surface area contributed by atoms with Crippen LogP contribution in [-0.4, -0.2) is 45.3 Å². The molecule has 0 aromatic rings. The molecule has 0 aromatic heterocycles. The van der Waals surface area contributed by atoms with Crippen LogP contribution in [0, 0.1) is 0 Å². The van der Waals surface area contributed by atoms with Gasteiger partial charge in [0.15, 0.2) is 0 Å². The number of unbranched alkanes of at least 4 members (excludes halogenated alkanes) is 1. The van der Waals surface area contributed by atoms with E-state index in [1.165, 1.54) is 0 Å². The number of nitrogens with one attached hydrogen (secondary N) is 2. The average Bonchev–Trinajstić information content (AvgIpc) is 2.52. The third-order valence-corrected chi connectivity index (χ3v) is 2.18. The molecule has 0 radical (unpaired) electrons. The van der Waals surface area contributed by atoms with E-state index in [1.54, 1.807) is 7.05 Å². The molecule has 0 aliphatic heterocycles. The van der Waals surface area contributed by atoms with Gasteiger partial charge < -0.3 is 20.2 Å². The Morgan fingerprint density at radius 3 is 2.35 bits per heavy atom. The molecule has 1 amide bonds. The lowest BCUT2D eigenvalue weighted by Crippen LogP contribution is -2.28. The van der Waals surface area contributed by atoms with Crippen molar-refractivity contribution in [2.75, 3.05) is 26.9 Å². The summed E-state index contributed by atoms with van der Waals surface area (Å²) in [6, 6.07) is -0.0768. The van der Waals surface area contributed by atoms with Crippen molar-refractivity contribution in [1.29, 1.82) is 0 Å². The monoisotopic (exact) mass is 308 g/mol. The number of rotatable bonds is 9. The number of amides is 1. The average molecular weight is 308 g/mol. The second-order valence-electron chi connectivity index (χ2n) is 3.59. The maximum Gasteiger partial charge on any atom is 0.407 e. The molecular formula is C14H33N2O3P. The molecule has 2 unspecified atom stereocenters. The third kappa shape index (κ3) is 19.7. The number of hydrogen-bond donors (Lipinski definition) is 2. The van der Waals surface area contributed by atoms with Gasteiger partial charge in [0.2, 0.25) is 0 Å². The standard InChI is InChI=1S/C11H22N2O3.C2H6.CH5P/c1-3-8-16-11(15)13-7-5-4-6-10(9-14)12-2;2*1-2/h9-10,12H,3-8H2,1-2H3,(H,13,15);1-2H3;2H2,1H3. The van der Waals surface area contributed by atoms with Crippen molar-refractivity contribution in [2.24, 2.45) is 0 Å². The predicted octanol–water partition coefficient (Wildman–Crippen LogP) is 2.60. The molecule has 0 saturated heterocycles. The van der Waals surface area contributed by atoms with Crippen molar-refractivity contribution in [3.63, 3.8) is 0 Å². The second kappa shape index (κ2) is 23.4. The van der Waals surface area contributed by atoms with E-state index in [-0.39, 0.29) is 12.1 Å². The lowest BCUT2D eigenvalue weighted by molar-refractivity contribution is -0.109. The van der Waals surface area contributed by atoms with Crippen molar-refractivity contribution in [3.8, 4) is 0 Å². The highest BCUT2D eigenvalue weighted by atomic mass is 31.0. The molecular weight excluding hydrogens is 275 g/mol. The zero-order valence-corrected chi connectivity index (χ0v) is 14.9. The Hall–Kier alpha value is -0.670. The lowest BCUT2D eigenvalue weighted by atomic mass is 10.1. The minimum absolute atomic E-state index is 0.0768. The van der Waals surface area contributed by atoms with Gasteiger partial charge in [-0.2, -0.15) is 0 Å². The van der Waals surface area contributed by atoms with Gasteiger partial charge in [0, 0.05) is 6.54 Å². The molecule has 0 aromatic carbocycles. The summed E-state index contributed by atoms with van der Waals surface area (Å²) in [6.45, 7) is 8.92. The Morgan fingerprint density at radius 1 is 1.30 bits per heavy atom. The summed E-state index contributed by atoms with van der Waals surface area (Å²) in [7, 11) is 4.18. The number of carbonyl (C=O) groups is 2. The quantitative estimate of drug-likeness (QED) is 0.390. The molecule has 0 fully saturated rings. The minimum Gasteiger partial charge on any atom is -0.450 e. The van der Waals surface area contributed by atoms with Crippen LogP contribution < -0.4 is 10.6 Å². The Kier molecular flexibility index (Phi) is 28.5. The molecule has 0 aliphatic rings. The first-order valence-electron chi connectivity index (χ1n) is 7.35. The summed E-state index contributed by atoms with van der Waals surface area (Å²) in [4.78, 5) is 21.5. The number of ether oxygens (including phenoxy) is 1. The lowest BCUT2D eigenvalue weighted by Gasteiger charge is -2.09. The molecule has 0 heterocycles. The fraction of sp³-hybridized carbons (Fsp3) is 0.857. The maximum atomic E-state index is 11.0. The topological polar surface area (TPSA) is 67.4 Å². The van der Waals surface area contributed by atoms with Gasteiger partial charge in [-0.15, -0.1) is 9.24 Å². The Bertz CT molecular complexity index is 205. The Morgan fingerprint density at radius 2 is 1.90 bits per heavy atom. The SMILES string of the molecule is CC.CCCOC(=O)NCCCCC(C=O)NC.CP. The summed E-state index contributed by atoms with van der Waals surface area (Å²) >= 11 is 0. The molecule has 0 saturated carbocycles. The number of alkyl carbamates (subject to hydrolysis) is 1. The highest BCUT2D eigenvalue weighted by Gasteiger charge is 2.03. The van der Waals surface area contributed by atoms with E-state index < -0.39 is 0 Å². The van der Waals surface area contributed by atoms with Gasteiger partial charge in [0.05, 0.1) is 12.6 Å². The Balaban J connectivity index is -0.000000656. The van der Waals surface area contributed by atoms with Gasteiger partial charge >= 0.3 is 6.09 Å². The smallest absolute Gasteiger partial charge is 0.407 e. The molecule has 0 rings (SSSR count). The molecule has 0 aliphatic carbocycles. The van der Waals surface area contributed by atoms with Crippen LogP contribution >= 0.6 is 9.24 Å². The van der Waals surface area contributed by atoms with Crippen LogP contribution in [0.15, 0.2) is 0 Å². The molecule has 6 heteroatoms. The predicted molar refractivity (Wildman–Crippen MR) is 89.4 cm³/mol. The molecule has 0 spiro atoms. The van der Waals surface area contributed by atoms with E-state index in [0.29, 0.717) is 13.2 Å². The maximum absolute atomic E-state index is 11.0. The first-order valence-corrected chi connectivity index (χ1v) is 8.51. The minimum atomic E-state index is -0.359. The van der Waals surface area contributed by atoms with Crippen LogP contribution in [0.5, 0.6) is 0 Å². The molecule has 2 N–H and O–H groups in total. The summed E-state index contributed by atoms with van der Waals surface area (Å²) < 4.78 is 4.84. The molecule has 122 valence electrons. The Labute approximate surface area is 126 Å². The van der Waals surface area contributed by atoms with Crippen molar-refractivity contribution < 1.29 is 14.3 Å². The van der Waals surface area contributed by atoms with Crippen molar-refractivity contribution >= 4 is 21.6 Å². The third-order valence-electron chi connectivity index (χ3n) is 2.18. The van der Waals surface area contributed by atoms with Crippen LogP contribution in [0.3, 0.4) is 0 Å². The van der Waals surface area contributed by atoms with Gasteiger partial charge in [-0.25, -0.2) is 4.79 Å².